The van der Waals surface area contributed by atoms with Gasteiger partial charge in [-0.3, -0.25) is 4.79 Å². The number of rotatable bonds is 5. The quantitative estimate of drug-likeness (QED) is 0.828. The number of carbonyl (C=O) groups excluding carboxylic acids is 1. The average Bonchev–Trinajstić information content (AvgIpc) is 2.65. The fourth-order valence-corrected chi connectivity index (χ4v) is 3.22. The summed E-state index contributed by atoms with van der Waals surface area (Å²) in [5.41, 5.74) is 3.25. The third-order valence-corrected chi connectivity index (χ3v) is 4.89. The van der Waals surface area contributed by atoms with Gasteiger partial charge in [-0.05, 0) is 53.9 Å². The topological polar surface area (TPSA) is 50.8 Å². The Morgan fingerprint density at radius 1 is 1.12 bits per heavy atom. The van der Waals surface area contributed by atoms with Gasteiger partial charge in [0.05, 0.1) is 20.8 Å². The second-order valence-electron chi connectivity index (χ2n) is 5.90. The number of hydrogen-bond acceptors (Lipinski definition) is 4. The molecule has 1 heterocycles. The lowest BCUT2D eigenvalue weighted by molar-refractivity contribution is -0.130. The maximum atomic E-state index is 12.5. The second-order valence-corrected chi connectivity index (χ2v) is 6.82. The van der Waals surface area contributed by atoms with Crippen molar-refractivity contribution in [2.45, 2.75) is 13.0 Å². The zero-order valence-corrected chi connectivity index (χ0v) is 15.9. The first-order chi connectivity index (χ1) is 12.1. The first-order valence-corrected chi connectivity index (χ1v) is 8.91. The van der Waals surface area contributed by atoms with Crippen LogP contribution in [0.15, 0.2) is 40.9 Å². The van der Waals surface area contributed by atoms with Gasteiger partial charge in [0.2, 0.25) is 5.91 Å². The maximum Gasteiger partial charge on any atom is 0.242 e. The van der Waals surface area contributed by atoms with E-state index in [0.29, 0.717) is 18.8 Å². The number of ether oxygens (including phenoxy) is 2. The lowest BCUT2D eigenvalue weighted by Gasteiger charge is -2.30. The molecule has 0 aliphatic carbocycles. The summed E-state index contributed by atoms with van der Waals surface area (Å²) in [6.07, 6.45) is 0.819. The highest BCUT2D eigenvalue weighted by molar-refractivity contribution is 9.10. The Bertz CT molecular complexity index is 762. The van der Waals surface area contributed by atoms with E-state index in [2.05, 4.69) is 21.2 Å². The van der Waals surface area contributed by atoms with E-state index < -0.39 is 0 Å². The third kappa shape index (κ3) is 4.07. The zero-order chi connectivity index (χ0) is 17.8. The van der Waals surface area contributed by atoms with Gasteiger partial charge in [-0.15, -0.1) is 0 Å². The van der Waals surface area contributed by atoms with Crippen LogP contribution in [0.4, 0.5) is 5.69 Å². The summed E-state index contributed by atoms with van der Waals surface area (Å²) in [5.74, 6) is 1.52. The van der Waals surface area contributed by atoms with Crippen LogP contribution in [0.25, 0.3) is 0 Å². The molecule has 0 fully saturated rings. The largest absolute Gasteiger partial charge is 0.493 e. The van der Waals surface area contributed by atoms with Gasteiger partial charge < -0.3 is 19.7 Å². The van der Waals surface area contributed by atoms with Crippen molar-refractivity contribution in [3.8, 4) is 11.5 Å². The van der Waals surface area contributed by atoms with Crippen molar-refractivity contribution in [1.29, 1.82) is 0 Å². The number of methoxy groups -OCH3 is 2. The van der Waals surface area contributed by atoms with Crippen LogP contribution in [-0.2, 0) is 17.8 Å². The van der Waals surface area contributed by atoms with Gasteiger partial charge in [0.25, 0.3) is 0 Å². The van der Waals surface area contributed by atoms with Crippen LogP contribution in [-0.4, -0.2) is 38.1 Å². The molecule has 6 heteroatoms. The van der Waals surface area contributed by atoms with Gasteiger partial charge in [-0.2, -0.15) is 0 Å². The highest BCUT2D eigenvalue weighted by Crippen LogP contribution is 2.33. The number of carbonyl (C=O) groups is 1. The Hall–Kier alpha value is -2.21. The van der Waals surface area contributed by atoms with Crippen molar-refractivity contribution in [2.24, 2.45) is 0 Å². The number of nitrogens with one attached hydrogen (secondary N) is 1. The van der Waals surface area contributed by atoms with Crippen LogP contribution in [0.2, 0.25) is 0 Å². The molecule has 0 saturated carbocycles. The Labute approximate surface area is 156 Å². The molecule has 25 heavy (non-hydrogen) atoms. The number of fused-ring (bicyclic) bond motifs is 1. The van der Waals surface area contributed by atoms with Gasteiger partial charge in [-0.1, -0.05) is 15.9 Å². The number of halogens is 1. The number of anilines is 1. The van der Waals surface area contributed by atoms with Gasteiger partial charge in [0.15, 0.2) is 11.5 Å². The molecule has 0 radical (unpaired) electrons. The van der Waals surface area contributed by atoms with Crippen LogP contribution in [0, 0.1) is 0 Å². The summed E-state index contributed by atoms with van der Waals surface area (Å²) in [7, 11) is 3.26. The molecule has 1 aliphatic rings. The van der Waals surface area contributed by atoms with Gasteiger partial charge in [-0.25, -0.2) is 0 Å². The monoisotopic (exact) mass is 404 g/mol. The Balaban J connectivity index is 1.65. The minimum atomic E-state index is 0.0864. The SMILES string of the molecule is COc1cc2c(cc1OC)CN(C(=O)CNc1ccc(Br)cc1)CC2. The molecule has 0 atom stereocenters. The first-order valence-electron chi connectivity index (χ1n) is 8.11. The van der Waals surface area contributed by atoms with Crippen LogP contribution < -0.4 is 14.8 Å². The van der Waals surface area contributed by atoms with Crippen molar-refractivity contribution in [3.05, 3.63) is 52.0 Å². The predicted octanol–water partition coefficient (Wildman–Crippen LogP) is 3.46. The number of nitrogens with zero attached hydrogens (tertiary/aromatic N) is 1. The summed E-state index contributed by atoms with van der Waals surface area (Å²) < 4.78 is 11.7. The zero-order valence-electron chi connectivity index (χ0n) is 14.3. The van der Waals surface area contributed by atoms with E-state index in [0.717, 1.165) is 27.9 Å². The molecule has 3 rings (SSSR count). The Morgan fingerprint density at radius 3 is 2.40 bits per heavy atom. The standard InChI is InChI=1S/C19H21BrN2O3/c1-24-17-9-13-7-8-22(12-14(13)10-18(17)25-2)19(23)11-21-16-5-3-15(20)4-6-16/h3-6,9-10,21H,7-8,11-12H2,1-2H3. The van der Waals surface area contributed by atoms with E-state index in [9.17, 15) is 4.79 Å². The molecule has 0 saturated heterocycles. The summed E-state index contributed by atoms with van der Waals surface area (Å²) in [5, 5.41) is 3.18. The molecule has 1 N–H and O–H groups in total. The summed E-state index contributed by atoms with van der Waals surface area (Å²) >= 11 is 3.40. The maximum absolute atomic E-state index is 12.5. The molecule has 2 aromatic rings. The molecule has 0 unspecified atom stereocenters. The summed E-state index contributed by atoms with van der Waals surface area (Å²) in [4.78, 5) is 14.4. The van der Waals surface area contributed by atoms with E-state index in [1.807, 2.05) is 41.3 Å². The van der Waals surface area contributed by atoms with E-state index in [-0.39, 0.29) is 12.5 Å². The van der Waals surface area contributed by atoms with E-state index in [1.165, 1.54) is 5.56 Å². The second kappa shape index (κ2) is 7.78. The number of hydrogen-bond donors (Lipinski definition) is 1. The summed E-state index contributed by atoms with van der Waals surface area (Å²) in [6, 6.07) is 11.8. The minimum Gasteiger partial charge on any atom is -0.493 e. The highest BCUT2D eigenvalue weighted by atomic mass is 79.9. The first kappa shape index (κ1) is 17.6. The normalized spacial score (nSPS) is 13.2. The lowest BCUT2D eigenvalue weighted by Crippen LogP contribution is -2.39. The van der Waals surface area contributed by atoms with E-state index in [4.69, 9.17) is 9.47 Å². The molecular weight excluding hydrogens is 384 g/mol. The molecule has 1 amide bonds. The molecule has 5 nitrogen and oxygen atoms in total. The molecular formula is C19H21BrN2O3. The average molecular weight is 405 g/mol. The lowest BCUT2D eigenvalue weighted by atomic mass is 9.98. The summed E-state index contributed by atoms with van der Waals surface area (Å²) in [6.45, 7) is 1.59. The smallest absolute Gasteiger partial charge is 0.242 e. The number of amides is 1. The fraction of sp³-hybridized carbons (Fsp3) is 0.316. The minimum absolute atomic E-state index is 0.0864. The van der Waals surface area contributed by atoms with Crippen molar-refractivity contribution < 1.29 is 14.3 Å². The molecule has 0 spiro atoms. The fourth-order valence-electron chi connectivity index (χ4n) is 2.95. The van der Waals surface area contributed by atoms with Gasteiger partial charge >= 0.3 is 0 Å². The Morgan fingerprint density at radius 2 is 1.76 bits per heavy atom. The molecule has 2 aromatic carbocycles. The van der Waals surface area contributed by atoms with Crippen LogP contribution in [0.3, 0.4) is 0 Å². The van der Waals surface area contributed by atoms with E-state index >= 15 is 0 Å². The van der Waals surface area contributed by atoms with Crippen molar-refractivity contribution in [2.75, 3.05) is 32.6 Å². The third-order valence-electron chi connectivity index (χ3n) is 4.36. The highest BCUT2D eigenvalue weighted by Gasteiger charge is 2.22. The van der Waals surface area contributed by atoms with Crippen LogP contribution in [0.5, 0.6) is 11.5 Å². The predicted molar refractivity (Wildman–Crippen MR) is 101 cm³/mol. The van der Waals surface area contributed by atoms with Crippen LogP contribution >= 0.6 is 15.9 Å². The van der Waals surface area contributed by atoms with Crippen molar-refractivity contribution in [3.63, 3.8) is 0 Å². The Kier molecular flexibility index (Phi) is 5.48. The van der Waals surface area contributed by atoms with Crippen LogP contribution in [0.1, 0.15) is 11.1 Å². The molecule has 0 aromatic heterocycles. The molecule has 132 valence electrons. The van der Waals surface area contributed by atoms with E-state index in [1.54, 1.807) is 14.2 Å². The van der Waals surface area contributed by atoms with Gasteiger partial charge in [0, 0.05) is 23.2 Å². The molecule has 0 bridgehead atoms. The molecule has 1 aliphatic heterocycles. The number of benzene rings is 2. The van der Waals surface area contributed by atoms with Gasteiger partial charge in [0.1, 0.15) is 0 Å². The van der Waals surface area contributed by atoms with Crippen molar-refractivity contribution >= 4 is 27.5 Å². The van der Waals surface area contributed by atoms with Crippen molar-refractivity contribution in [1.82, 2.24) is 4.90 Å².